The molecule has 154 valence electrons. The van der Waals surface area contributed by atoms with Crippen molar-refractivity contribution in [3.63, 3.8) is 0 Å². The van der Waals surface area contributed by atoms with Crippen LogP contribution in [-0.4, -0.2) is 42.1 Å². The molecule has 0 bridgehead atoms. The summed E-state index contributed by atoms with van der Waals surface area (Å²) in [6, 6.07) is -0.926. The van der Waals surface area contributed by atoms with Crippen molar-refractivity contribution in [1.29, 1.82) is 0 Å². The van der Waals surface area contributed by atoms with Crippen molar-refractivity contribution in [3.8, 4) is 0 Å². The minimum Gasteiger partial charge on any atom is -0.464 e. The van der Waals surface area contributed by atoms with E-state index in [1.54, 1.807) is 6.08 Å². The van der Waals surface area contributed by atoms with Gasteiger partial charge in [0.2, 0.25) is 5.91 Å². The van der Waals surface area contributed by atoms with E-state index in [9.17, 15) is 14.4 Å². The van der Waals surface area contributed by atoms with E-state index < -0.39 is 29.9 Å². The van der Waals surface area contributed by atoms with Gasteiger partial charge in [-0.3, -0.25) is 4.79 Å². The van der Waals surface area contributed by atoms with Crippen LogP contribution in [0.2, 0.25) is 0 Å². The van der Waals surface area contributed by atoms with Gasteiger partial charge in [-0.25, -0.2) is 14.5 Å². The number of imide groups is 1. The quantitative estimate of drug-likeness (QED) is 0.485. The first-order valence-electron chi connectivity index (χ1n) is 9.63. The first kappa shape index (κ1) is 23.2. The van der Waals surface area contributed by atoms with Gasteiger partial charge in [-0.1, -0.05) is 47.6 Å². The predicted molar refractivity (Wildman–Crippen MR) is 104 cm³/mol. The molecular weight excluding hydrogens is 346 g/mol. The zero-order valence-electron chi connectivity index (χ0n) is 17.7. The number of likely N-dealkylation sites (tertiary alicyclic amines) is 1. The van der Waals surface area contributed by atoms with Crippen LogP contribution in [0, 0.1) is 16.7 Å². The van der Waals surface area contributed by atoms with Crippen molar-refractivity contribution in [3.05, 3.63) is 12.7 Å². The van der Waals surface area contributed by atoms with Crippen LogP contribution in [0.25, 0.3) is 0 Å². The van der Waals surface area contributed by atoms with Crippen molar-refractivity contribution >= 4 is 18.0 Å². The number of nitrogens with zero attached hydrogens (tertiary/aromatic N) is 1. The summed E-state index contributed by atoms with van der Waals surface area (Å²) in [4.78, 5) is 38.6. The lowest BCUT2D eigenvalue weighted by Gasteiger charge is -2.23. The fourth-order valence-corrected chi connectivity index (χ4v) is 2.71. The summed E-state index contributed by atoms with van der Waals surface area (Å²) >= 11 is 0. The van der Waals surface area contributed by atoms with Gasteiger partial charge in [0.25, 0.3) is 0 Å². The molecule has 1 heterocycles. The number of ether oxygens (including phenoxy) is 2. The molecule has 1 aliphatic heterocycles. The largest absolute Gasteiger partial charge is 0.464 e. The highest BCUT2D eigenvalue weighted by Gasteiger charge is 2.47. The van der Waals surface area contributed by atoms with Gasteiger partial charge in [-0.05, 0) is 36.5 Å². The summed E-state index contributed by atoms with van der Waals surface area (Å²) < 4.78 is 10.6. The van der Waals surface area contributed by atoms with E-state index in [0.717, 1.165) is 4.90 Å². The first-order valence-corrected chi connectivity index (χ1v) is 9.63. The fourth-order valence-electron chi connectivity index (χ4n) is 2.71. The molecule has 1 saturated heterocycles. The Morgan fingerprint density at radius 2 is 1.59 bits per heavy atom. The number of carbonyl (C=O) groups excluding carboxylic acids is 3. The predicted octanol–water partition coefficient (Wildman–Crippen LogP) is 4.33. The van der Waals surface area contributed by atoms with E-state index in [2.05, 4.69) is 27.4 Å². The number of amides is 2. The van der Waals surface area contributed by atoms with Gasteiger partial charge in [0, 0.05) is 5.92 Å². The van der Waals surface area contributed by atoms with Gasteiger partial charge in [0.15, 0.2) is 0 Å². The Bertz CT molecular complexity index is 556. The highest BCUT2D eigenvalue weighted by atomic mass is 16.6. The normalized spacial score (nSPS) is 20.5. The van der Waals surface area contributed by atoms with Crippen molar-refractivity contribution in [2.45, 2.75) is 73.3 Å². The van der Waals surface area contributed by atoms with Crippen LogP contribution in [0.1, 0.15) is 67.2 Å². The Labute approximate surface area is 163 Å². The summed E-state index contributed by atoms with van der Waals surface area (Å²) in [5.74, 6) is -1.39. The number of hydrogen-bond donors (Lipinski definition) is 0. The molecule has 6 heteroatoms. The molecule has 0 aromatic heterocycles. The highest BCUT2D eigenvalue weighted by molar-refractivity contribution is 6.00. The molecule has 27 heavy (non-hydrogen) atoms. The molecule has 0 radical (unpaired) electrons. The fraction of sp³-hybridized carbons (Fsp3) is 0.762. The Hall–Kier alpha value is -1.85. The van der Waals surface area contributed by atoms with E-state index in [4.69, 9.17) is 9.47 Å². The maximum absolute atomic E-state index is 12.6. The third-order valence-electron chi connectivity index (χ3n) is 4.50. The molecule has 0 aromatic carbocycles. The summed E-state index contributed by atoms with van der Waals surface area (Å²) in [7, 11) is 0. The molecule has 2 atom stereocenters. The second-order valence-corrected chi connectivity index (χ2v) is 9.58. The molecule has 1 rings (SSSR count). The van der Waals surface area contributed by atoms with Gasteiger partial charge in [0.1, 0.15) is 6.04 Å². The molecule has 0 saturated carbocycles. The maximum Gasteiger partial charge on any atom is 0.417 e. The van der Waals surface area contributed by atoms with E-state index in [1.807, 2.05) is 20.8 Å². The molecule has 0 N–H and O–H groups in total. The zero-order chi connectivity index (χ0) is 20.8. The van der Waals surface area contributed by atoms with Crippen LogP contribution in [0.4, 0.5) is 4.79 Å². The van der Waals surface area contributed by atoms with Crippen molar-refractivity contribution in [1.82, 2.24) is 4.90 Å². The van der Waals surface area contributed by atoms with Gasteiger partial charge in [0.05, 0.1) is 13.2 Å². The lowest BCUT2D eigenvalue weighted by molar-refractivity contribution is -0.151. The lowest BCUT2D eigenvalue weighted by Crippen LogP contribution is -2.44. The Morgan fingerprint density at radius 3 is 2.07 bits per heavy atom. The summed E-state index contributed by atoms with van der Waals surface area (Å²) in [5.41, 5.74) is 0.0364. The molecule has 0 aromatic rings. The van der Waals surface area contributed by atoms with Crippen molar-refractivity contribution in [2.24, 2.45) is 16.7 Å². The minimum atomic E-state index is -0.926. The minimum absolute atomic E-state index is 0.00591. The summed E-state index contributed by atoms with van der Waals surface area (Å²) in [5, 5.41) is 0. The van der Waals surface area contributed by atoms with Gasteiger partial charge in [-0.2, -0.15) is 0 Å². The van der Waals surface area contributed by atoms with Crippen LogP contribution in [-0.2, 0) is 19.1 Å². The Morgan fingerprint density at radius 1 is 1.07 bits per heavy atom. The van der Waals surface area contributed by atoms with Crippen molar-refractivity contribution in [2.75, 3.05) is 13.2 Å². The van der Waals surface area contributed by atoms with Crippen LogP contribution >= 0.6 is 0 Å². The maximum atomic E-state index is 12.6. The second kappa shape index (κ2) is 9.38. The van der Waals surface area contributed by atoms with Gasteiger partial charge < -0.3 is 9.47 Å². The molecule has 6 nitrogen and oxygen atoms in total. The monoisotopic (exact) mass is 381 g/mol. The molecule has 0 aliphatic carbocycles. The van der Waals surface area contributed by atoms with Crippen molar-refractivity contribution < 1.29 is 23.9 Å². The molecule has 2 amide bonds. The van der Waals surface area contributed by atoms with E-state index >= 15 is 0 Å². The van der Waals surface area contributed by atoms with Gasteiger partial charge in [-0.15, -0.1) is 6.58 Å². The van der Waals surface area contributed by atoms with Crippen LogP contribution in [0.5, 0.6) is 0 Å². The number of allylic oxidation sites excluding steroid dienone is 1. The smallest absolute Gasteiger partial charge is 0.417 e. The molecule has 2 unspecified atom stereocenters. The number of hydrogen-bond acceptors (Lipinski definition) is 5. The summed E-state index contributed by atoms with van der Waals surface area (Å²) in [6.45, 7) is 16.4. The van der Waals surface area contributed by atoms with E-state index in [-0.39, 0.29) is 30.5 Å². The zero-order valence-corrected chi connectivity index (χ0v) is 17.7. The molecular formula is C21H35NO5. The lowest BCUT2D eigenvalue weighted by atomic mass is 9.93. The SMILES string of the molecule is C=CCC1CC(C(=O)OCCC(C)(C)C)N(C(=O)OCCC(C)(C)C)C1=O. The Balaban J connectivity index is 2.78. The second-order valence-electron chi connectivity index (χ2n) is 9.58. The number of rotatable bonds is 7. The van der Waals surface area contributed by atoms with Crippen LogP contribution in [0.15, 0.2) is 12.7 Å². The third kappa shape index (κ3) is 7.73. The number of carbonyl (C=O) groups is 3. The van der Waals surface area contributed by atoms with Gasteiger partial charge >= 0.3 is 12.1 Å². The topological polar surface area (TPSA) is 72.9 Å². The standard InChI is InChI=1S/C21H35NO5/c1-8-9-15-14-16(18(24)26-12-10-20(2,3)4)22(17(15)23)19(25)27-13-11-21(5,6)7/h8,15-16H,1,9-14H2,2-7H3. The first-order chi connectivity index (χ1) is 12.4. The van der Waals surface area contributed by atoms with E-state index in [0.29, 0.717) is 19.3 Å². The molecule has 1 fully saturated rings. The summed E-state index contributed by atoms with van der Waals surface area (Å²) in [6.07, 6.45) is 2.88. The third-order valence-corrected chi connectivity index (χ3v) is 4.50. The Kier molecular flexibility index (Phi) is 8.05. The van der Waals surface area contributed by atoms with Crippen LogP contribution in [0.3, 0.4) is 0 Å². The van der Waals surface area contributed by atoms with E-state index in [1.165, 1.54) is 0 Å². The highest BCUT2D eigenvalue weighted by Crippen LogP contribution is 2.30. The average molecular weight is 382 g/mol. The molecule has 1 aliphatic rings. The number of esters is 1. The molecule has 0 spiro atoms. The average Bonchev–Trinajstić information content (AvgIpc) is 2.82. The van der Waals surface area contributed by atoms with Crippen LogP contribution < -0.4 is 0 Å².